The number of ether oxygens (including phenoxy) is 1. The molecule has 15 aromatic carbocycles. The van der Waals surface area contributed by atoms with E-state index < -0.39 is 25.6 Å². The largest absolute Gasteiger partial charge is 0.452 e. The summed E-state index contributed by atoms with van der Waals surface area (Å²) in [6, 6.07) is 98.8. The van der Waals surface area contributed by atoms with Crippen LogP contribution in [0, 0.1) is 0 Å². The number of hydrogen-bond acceptors (Lipinski definition) is 6. The van der Waals surface area contributed by atoms with E-state index in [9.17, 15) is 11.0 Å². The van der Waals surface area contributed by atoms with Gasteiger partial charge in [-0.1, -0.05) is 269 Å². The van der Waals surface area contributed by atoms with E-state index in [-0.39, 0.29) is 48.3 Å². The normalized spacial score (nSPS) is 15.0. The molecule has 22 rings (SSSR count). The Bertz CT molecular complexity index is 6530. The zero-order chi connectivity index (χ0) is 74.9. The zero-order valence-electron chi connectivity index (χ0n) is 64.5. The van der Waals surface area contributed by atoms with Gasteiger partial charge in [-0.25, -0.2) is 0 Å². The molecule has 7 aliphatic heterocycles. The van der Waals surface area contributed by atoms with Gasteiger partial charge in [0.25, 0.3) is 20.1 Å². The average Bonchev–Trinajstić information content (AvgIpc) is 0.657. The van der Waals surface area contributed by atoms with Gasteiger partial charge in [0.15, 0.2) is 11.5 Å². The summed E-state index contributed by atoms with van der Waals surface area (Å²) in [5.41, 5.74) is 29.6. The van der Waals surface area contributed by atoms with Crippen molar-refractivity contribution in [2.45, 2.75) is 26.2 Å². The highest BCUT2D eigenvalue weighted by Gasteiger charge is 2.56. The maximum atomic E-state index is 9.68. The second-order valence-electron chi connectivity index (χ2n) is 28.9. The number of benzene rings is 15. The van der Waals surface area contributed by atoms with E-state index >= 15 is 0 Å². The van der Waals surface area contributed by atoms with Crippen LogP contribution in [-0.4, -0.2) is 20.1 Å². The predicted octanol–water partition coefficient (Wildman–Crippen LogP) is 18.5. The van der Waals surface area contributed by atoms with Crippen LogP contribution < -0.4 is 78.4 Å². The summed E-state index contributed by atoms with van der Waals surface area (Å²) < 4.78 is 83.8. The number of anilines is 15. The van der Waals surface area contributed by atoms with Gasteiger partial charge in [0, 0.05) is 85.1 Å². The lowest BCUT2D eigenvalue weighted by atomic mass is 9.27. The van der Waals surface area contributed by atoms with Crippen molar-refractivity contribution in [1.29, 1.82) is 0 Å². The molecule has 0 aromatic heterocycles. The Labute approximate surface area is 612 Å². The van der Waals surface area contributed by atoms with Crippen molar-refractivity contribution >= 4 is 155 Å². The molecular weight excluding hydrogens is 1250 g/mol. The van der Waals surface area contributed by atoms with E-state index in [0.29, 0.717) is 28.5 Å². The molecule has 7 heterocycles. The summed E-state index contributed by atoms with van der Waals surface area (Å²) in [6.45, 7) is 5.20. The van der Waals surface area contributed by atoms with Gasteiger partial charge >= 0.3 is 0 Å². The van der Waals surface area contributed by atoms with Crippen LogP contribution in [0.3, 0.4) is 0 Å². The van der Waals surface area contributed by atoms with Gasteiger partial charge in [0.2, 0.25) is 0 Å². The van der Waals surface area contributed by atoms with Gasteiger partial charge in [-0.05, 0) is 178 Å². The van der Waals surface area contributed by atoms with Crippen molar-refractivity contribution < 1.29 is 15.7 Å². The SMILES string of the molecule is [2H]c1cc([2H])cc(N2c3cc(-c4ccccc4)ccc3B3c4cc5c(cc4N(c4cc([2H])cc([2H])c4)c4cc(C(C)(C)C)cc2c43)N(c2cc([2H])cc([2H])c2)c2cc3c4c6c2B5c2ccc(-c5ccccc5)c5c2N6c2c(ccc(-c6ccccc6)c2O5)B4c2ccc(-c4ccccc4)cc2N3c2cc([2H])cc([2H])c2)c1. The molecule has 0 atom stereocenters. The van der Waals surface area contributed by atoms with Crippen LogP contribution in [0.15, 0.2) is 333 Å². The lowest BCUT2D eigenvalue weighted by Gasteiger charge is -2.53. The van der Waals surface area contributed by atoms with E-state index in [1.54, 1.807) is 24.3 Å². The Morgan fingerprint density at radius 2 is 0.592 bits per heavy atom. The molecule has 0 amide bonds. The van der Waals surface area contributed by atoms with Gasteiger partial charge in [0.1, 0.15) is 0 Å². The predicted molar refractivity (Wildman–Crippen MR) is 434 cm³/mol. The molecule has 0 saturated carbocycles. The van der Waals surface area contributed by atoms with Crippen LogP contribution in [0.4, 0.5) is 85.3 Å². The molecule has 0 saturated heterocycles. The molecule has 103 heavy (non-hydrogen) atoms. The molecule has 0 bridgehead atoms. The summed E-state index contributed by atoms with van der Waals surface area (Å²) in [6.07, 6.45) is 0. The Hall–Kier alpha value is -12.7. The van der Waals surface area contributed by atoms with E-state index in [1.165, 1.54) is 0 Å². The fourth-order valence-corrected chi connectivity index (χ4v) is 18.0. The monoisotopic (exact) mass is 1320 g/mol. The van der Waals surface area contributed by atoms with Gasteiger partial charge in [-0.2, -0.15) is 0 Å². The molecule has 0 aliphatic carbocycles. The highest BCUT2D eigenvalue weighted by Crippen LogP contribution is 2.60. The molecular formula is C94H64B3N5O. The van der Waals surface area contributed by atoms with E-state index in [0.717, 1.165) is 168 Å². The Morgan fingerprint density at radius 3 is 0.981 bits per heavy atom. The number of hydrogen-bond donors (Lipinski definition) is 0. The summed E-state index contributed by atoms with van der Waals surface area (Å²) in [4.78, 5) is 11.6. The third kappa shape index (κ3) is 8.36. The van der Waals surface area contributed by atoms with Crippen LogP contribution in [0.1, 0.15) is 37.3 Å². The molecule has 0 spiro atoms. The second-order valence-corrected chi connectivity index (χ2v) is 28.9. The minimum atomic E-state index is -0.554. The van der Waals surface area contributed by atoms with E-state index in [2.05, 4.69) is 233 Å². The Kier molecular flexibility index (Phi) is 10.8. The number of rotatable bonds is 8. The average molecular weight is 1320 g/mol. The first-order valence-electron chi connectivity index (χ1n) is 39.4. The summed E-state index contributed by atoms with van der Waals surface area (Å²) in [7, 11) is 0. The molecule has 480 valence electrons. The number of nitrogens with zero attached hydrogens (tertiary/aromatic N) is 5. The minimum absolute atomic E-state index is 0.162. The molecule has 0 N–H and O–H groups in total. The van der Waals surface area contributed by atoms with Gasteiger partial charge in [-0.3, -0.25) is 0 Å². The summed E-state index contributed by atoms with van der Waals surface area (Å²) in [5.74, 6) is 1.43. The van der Waals surface area contributed by atoms with Gasteiger partial charge in [-0.15, -0.1) is 0 Å². The summed E-state index contributed by atoms with van der Waals surface area (Å²) >= 11 is 0. The molecule has 7 aliphatic rings. The second kappa shape index (κ2) is 21.9. The van der Waals surface area contributed by atoms with Crippen molar-refractivity contribution in [1.82, 2.24) is 0 Å². The minimum Gasteiger partial charge on any atom is -0.452 e. The van der Waals surface area contributed by atoms with Crippen molar-refractivity contribution in [2.75, 3.05) is 24.5 Å². The molecule has 6 nitrogen and oxygen atoms in total. The molecule has 9 heteroatoms. The van der Waals surface area contributed by atoms with E-state index in [4.69, 9.17) is 4.74 Å². The maximum Gasteiger partial charge on any atom is 0.252 e. The van der Waals surface area contributed by atoms with Crippen LogP contribution in [0.5, 0.6) is 11.5 Å². The third-order valence-electron chi connectivity index (χ3n) is 22.4. The smallest absolute Gasteiger partial charge is 0.252 e. The number of para-hydroxylation sites is 4. The Morgan fingerprint density at radius 1 is 0.262 bits per heavy atom. The third-order valence-corrected chi connectivity index (χ3v) is 22.4. The zero-order valence-corrected chi connectivity index (χ0v) is 56.5. The fraction of sp³-hybridized carbons (Fsp3) is 0.0426. The van der Waals surface area contributed by atoms with Gasteiger partial charge in [0.05, 0.1) is 22.3 Å². The van der Waals surface area contributed by atoms with Crippen molar-refractivity contribution in [3.05, 3.63) is 339 Å². The molecule has 0 radical (unpaired) electrons. The first-order chi connectivity index (χ1) is 53.9. The Balaban J connectivity index is 0.913. The highest BCUT2D eigenvalue weighted by molar-refractivity contribution is 7.06. The standard InChI is InChI=1S/C94H64B3N5O/c1-94(2,3)65-54-82-86-83(55-65)100(68-40-24-10-25-41-68)80-57-81-77(56-76(80)96(86)73-49-45-64(60-30-14-5-15-31-60)53-79(73)98(82)66-36-20-8-21-37-66)97-75-51-47-71(62-34-18-7-19-35-62)93-90(75)102-89-74(50-46-70(92(89)103-93)61-32-16-6-17-33-61)95-72-48-44-63(59-28-12-4-13-29-59)52-78(72)99(67-38-22-9-23-39-67)84-58-85(88(97)91(102)87(84)95)101(81)69-42-26-11-27-43-69/h4-58H,1-3H3/i20D,21D,22D,23D,24D,25D,26D,27D. The van der Waals surface area contributed by atoms with Crippen molar-refractivity contribution in [3.8, 4) is 56.0 Å². The van der Waals surface area contributed by atoms with Crippen LogP contribution in [0.25, 0.3) is 44.5 Å². The summed E-state index contributed by atoms with van der Waals surface area (Å²) in [5, 5.41) is 0. The van der Waals surface area contributed by atoms with E-state index in [1.807, 2.05) is 72.8 Å². The fourth-order valence-electron chi connectivity index (χ4n) is 18.0. The van der Waals surface area contributed by atoms with Crippen molar-refractivity contribution in [2.24, 2.45) is 0 Å². The molecule has 15 aromatic rings. The topological polar surface area (TPSA) is 25.4 Å². The van der Waals surface area contributed by atoms with Crippen molar-refractivity contribution in [3.63, 3.8) is 0 Å². The first-order valence-corrected chi connectivity index (χ1v) is 35.4. The van der Waals surface area contributed by atoms with Crippen LogP contribution in [0.2, 0.25) is 0 Å². The lowest BCUT2D eigenvalue weighted by Crippen LogP contribution is -2.69. The quantitative estimate of drug-likeness (QED) is 0.141. The number of fused-ring (bicyclic) bond motifs is 10. The first kappa shape index (κ1) is 50.6. The highest BCUT2D eigenvalue weighted by atomic mass is 16.5. The van der Waals surface area contributed by atoms with Crippen LogP contribution >= 0.6 is 0 Å². The van der Waals surface area contributed by atoms with Gasteiger partial charge < -0.3 is 29.2 Å². The van der Waals surface area contributed by atoms with Crippen LogP contribution in [-0.2, 0) is 5.41 Å². The molecule has 0 unspecified atom stereocenters. The lowest BCUT2D eigenvalue weighted by molar-refractivity contribution is 0.481. The maximum absolute atomic E-state index is 9.68. The molecule has 0 fully saturated rings.